The Labute approximate surface area is 134 Å². The summed E-state index contributed by atoms with van der Waals surface area (Å²) in [6.07, 6.45) is 1.74. The van der Waals surface area contributed by atoms with Crippen molar-refractivity contribution < 1.29 is 9.47 Å². The molecule has 106 valence electrons. The maximum Gasteiger partial charge on any atom is 0.213 e. The van der Waals surface area contributed by atoms with Gasteiger partial charge in [-0.2, -0.15) is 0 Å². The van der Waals surface area contributed by atoms with Gasteiger partial charge in [0.1, 0.15) is 5.75 Å². The van der Waals surface area contributed by atoms with E-state index in [1.54, 1.807) is 20.4 Å². The number of methoxy groups -OCH3 is 2. The molecule has 0 radical (unpaired) electrons. The fraction of sp³-hybridized carbons (Fsp3) is 0.214. The molecule has 0 bridgehead atoms. The first-order valence-electron chi connectivity index (χ1n) is 5.90. The fourth-order valence-corrected chi connectivity index (χ4v) is 3.32. The second kappa shape index (κ2) is 6.95. The zero-order valence-electron chi connectivity index (χ0n) is 11.1. The van der Waals surface area contributed by atoms with Crippen LogP contribution in [-0.4, -0.2) is 19.2 Å². The van der Waals surface area contributed by atoms with Crippen molar-refractivity contribution in [2.24, 2.45) is 0 Å². The maximum absolute atomic E-state index is 5.28. The summed E-state index contributed by atoms with van der Waals surface area (Å²) >= 11 is 6.98. The van der Waals surface area contributed by atoms with Gasteiger partial charge in [-0.1, -0.05) is 0 Å². The van der Waals surface area contributed by atoms with Crippen LogP contribution in [0.4, 0.5) is 5.69 Å². The molecule has 0 unspecified atom stereocenters. The van der Waals surface area contributed by atoms with Crippen LogP contribution in [-0.2, 0) is 6.54 Å². The summed E-state index contributed by atoms with van der Waals surface area (Å²) in [4.78, 5) is 4.15. The van der Waals surface area contributed by atoms with E-state index in [2.05, 4.69) is 42.2 Å². The van der Waals surface area contributed by atoms with Crippen molar-refractivity contribution in [2.45, 2.75) is 6.54 Å². The van der Waals surface area contributed by atoms with E-state index in [1.165, 1.54) is 0 Å². The van der Waals surface area contributed by atoms with Crippen LogP contribution in [0, 0.1) is 0 Å². The van der Waals surface area contributed by atoms with E-state index >= 15 is 0 Å². The number of benzene rings is 1. The van der Waals surface area contributed by atoms with Crippen molar-refractivity contribution in [2.75, 3.05) is 19.5 Å². The summed E-state index contributed by atoms with van der Waals surface area (Å²) in [7, 11) is 3.24. The van der Waals surface area contributed by atoms with E-state index in [-0.39, 0.29) is 0 Å². The second-order valence-electron chi connectivity index (χ2n) is 4.04. The number of aromatic nitrogens is 1. The van der Waals surface area contributed by atoms with E-state index in [4.69, 9.17) is 9.47 Å². The summed E-state index contributed by atoms with van der Waals surface area (Å²) in [6, 6.07) is 7.79. The first kappa shape index (κ1) is 15.1. The molecular weight excluding hydrogens is 388 g/mol. The van der Waals surface area contributed by atoms with Gasteiger partial charge in [-0.05, 0) is 55.6 Å². The number of halogens is 2. The number of ether oxygens (including phenoxy) is 2. The van der Waals surface area contributed by atoms with Gasteiger partial charge in [-0.3, -0.25) is 0 Å². The highest BCUT2D eigenvalue weighted by Crippen LogP contribution is 2.34. The quantitative estimate of drug-likeness (QED) is 0.813. The number of pyridine rings is 1. The lowest BCUT2D eigenvalue weighted by Gasteiger charge is -2.11. The average Bonchev–Trinajstić information content (AvgIpc) is 2.45. The monoisotopic (exact) mass is 400 g/mol. The minimum atomic E-state index is 0.602. The largest absolute Gasteiger partial charge is 0.494 e. The van der Waals surface area contributed by atoms with Crippen molar-refractivity contribution in [1.82, 2.24) is 4.98 Å². The van der Waals surface area contributed by atoms with Gasteiger partial charge >= 0.3 is 0 Å². The number of hydrogen-bond donors (Lipinski definition) is 1. The first-order valence-corrected chi connectivity index (χ1v) is 7.48. The van der Waals surface area contributed by atoms with E-state index < -0.39 is 0 Å². The highest BCUT2D eigenvalue weighted by atomic mass is 79.9. The Kier molecular flexibility index (Phi) is 5.25. The zero-order valence-corrected chi connectivity index (χ0v) is 14.3. The Hall–Kier alpha value is -1.27. The molecule has 1 heterocycles. The molecule has 20 heavy (non-hydrogen) atoms. The van der Waals surface area contributed by atoms with E-state index in [0.29, 0.717) is 12.4 Å². The van der Waals surface area contributed by atoms with Crippen LogP contribution in [0.2, 0.25) is 0 Å². The molecule has 0 saturated carbocycles. The van der Waals surface area contributed by atoms with Gasteiger partial charge in [0, 0.05) is 12.6 Å². The molecule has 2 rings (SSSR count). The molecule has 0 fully saturated rings. The third-order valence-corrected chi connectivity index (χ3v) is 3.88. The lowest BCUT2D eigenvalue weighted by atomic mass is 10.2. The third kappa shape index (κ3) is 3.64. The second-order valence-corrected chi connectivity index (χ2v) is 5.74. The number of hydrogen-bond acceptors (Lipinski definition) is 4. The molecule has 0 aliphatic heterocycles. The Morgan fingerprint density at radius 2 is 1.80 bits per heavy atom. The molecule has 1 N–H and O–H groups in total. The zero-order chi connectivity index (χ0) is 14.5. The highest BCUT2D eigenvalue weighted by molar-refractivity contribution is 9.11. The van der Waals surface area contributed by atoms with Gasteiger partial charge < -0.3 is 14.8 Å². The molecule has 0 aliphatic carbocycles. The van der Waals surface area contributed by atoms with Crippen LogP contribution in [0.5, 0.6) is 11.6 Å². The summed E-state index contributed by atoms with van der Waals surface area (Å²) in [5.74, 6) is 1.39. The van der Waals surface area contributed by atoms with Crippen LogP contribution in [0.1, 0.15) is 5.56 Å². The standard InChI is InChI=1S/C14H14Br2N2O2/c1-19-13-4-3-10(8-18-13)17-7-9-5-11(15)14(20-2)12(16)6-9/h3-6,8,17H,7H2,1-2H3. The lowest BCUT2D eigenvalue weighted by molar-refractivity contribution is 0.398. The van der Waals surface area contributed by atoms with Gasteiger partial charge in [-0.15, -0.1) is 0 Å². The SMILES string of the molecule is COc1ccc(NCc2cc(Br)c(OC)c(Br)c2)cn1. The molecular formula is C14H14Br2N2O2. The Bertz CT molecular complexity index is 565. The number of rotatable bonds is 5. The van der Waals surface area contributed by atoms with Crippen molar-refractivity contribution in [1.29, 1.82) is 0 Å². The molecule has 0 spiro atoms. The van der Waals surface area contributed by atoms with Crippen LogP contribution < -0.4 is 14.8 Å². The predicted octanol–water partition coefficient (Wildman–Crippen LogP) is 4.24. The van der Waals surface area contributed by atoms with Crippen molar-refractivity contribution in [3.05, 3.63) is 45.0 Å². The topological polar surface area (TPSA) is 43.4 Å². The van der Waals surface area contributed by atoms with Gasteiger partial charge in [0.05, 0.1) is 35.0 Å². The maximum atomic E-state index is 5.28. The third-order valence-electron chi connectivity index (χ3n) is 2.70. The van der Waals surface area contributed by atoms with E-state index in [0.717, 1.165) is 25.9 Å². The molecule has 1 aromatic carbocycles. The molecule has 6 heteroatoms. The van der Waals surface area contributed by atoms with E-state index in [9.17, 15) is 0 Å². The van der Waals surface area contributed by atoms with Crippen molar-refractivity contribution >= 4 is 37.5 Å². The van der Waals surface area contributed by atoms with Crippen molar-refractivity contribution in [3.8, 4) is 11.6 Å². The Morgan fingerprint density at radius 3 is 2.30 bits per heavy atom. The number of nitrogens with one attached hydrogen (secondary N) is 1. The molecule has 0 saturated heterocycles. The van der Waals surface area contributed by atoms with Crippen LogP contribution in [0.25, 0.3) is 0 Å². The van der Waals surface area contributed by atoms with Gasteiger partial charge in [0.15, 0.2) is 0 Å². The Morgan fingerprint density at radius 1 is 1.10 bits per heavy atom. The fourth-order valence-electron chi connectivity index (χ4n) is 1.72. The van der Waals surface area contributed by atoms with Crippen LogP contribution >= 0.6 is 31.9 Å². The van der Waals surface area contributed by atoms with Crippen LogP contribution in [0.3, 0.4) is 0 Å². The van der Waals surface area contributed by atoms with Gasteiger partial charge in [0.25, 0.3) is 0 Å². The summed E-state index contributed by atoms with van der Waals surface area (Å²) in [5, 5.41) is 3.30. The minimum Gasteiger partial charge on any atom is -0.494 e. The molecule has 2 aromatic rings. The molecule has 0 aliphatic rings. The summed E-state index contributed by atoms with van der Waals surface area (Å²) < 4.78 is 12.1. The van der Waals surface area contributed by atoms with Crippen molar-refractivity contribution in [3.63, 3.8) is 0 Å². The number of anilines is 1. The molecule has 1 aromatic heterocycles. The van der Waals surface area contributed by atoms with Gasteiger partial charge in [0.2, 0.25) is 5.88 Å². The smallest absolute Gasteiger partial charge is 0.213 e. The minimum absolute atomic E-state index is 0.602. The highest BCUT2D eigenvalue weighted by Gasteiger charge is 2.07. The average molecular weight is 402 g/mol. The van der Waals surface area contributed by atoms with Crippen LogP contribution in [0.15, 0.2) is 39.4 Å². The summed E-state index contributed by atoms with van der Waals surface area (Å²) in [5.41, 5.74) is 2.06. The summed E-state index contributed by atoms with van der Waals surface area (Å²) in [6.45, 7) is 0.690. The predicted molar refractivity (Wildman–Crippen MR) is 86.5 cm³/mol. The Balaban J connectivity index is 2.06. The lowest BCUT2D eigenvalue weighted by Crippen LogP contribution is -2.01. The molecule has 4 nitrogen and oxygen atoms in total. The number of nitrogens with zero attached hydrogens (tertiary/aromatic N) is 1. The van der Waals surface area contributed by atoms with Gasteiger partial charge in [-0.25, -0.2) is 4.98 Å². The van der Waals surface area contributed by atoms with E-state index in [1.807, 2.05) is 24.3 Å². The normalized spacial score (nSPS) is 10.2. The molecule has 0 atom stereocenters. The molecule has 0 amide bonds. The first-order chi connectivity index (χ1) is 9.63.